The molecule has 3 rings (SSSR count). The summed E-state index contributed by atoms with van der Waals surface area (Å²) in [4.78, 5) is 9.12. The molecule has 1 heterocycles. The Morgan fingerprint density at radius 3 is 2.79 bits per heavy atom. The average molecular weight is 250 g/mol. The van der Waals surface area contributed by atoms with Crippen LogP contribution in [-0.4, -0.2) is 17.0 Å². The van der Waals surface area contributed by atoms with E-state index < -0.39 is 0 Å². The van der Waals surface area contributed by atoms with Gasteiger partial charge in [-0.1, -0.05) is 12.1 Å². The molecular weight excluding hydrogens is 236 g/mol. The summed E-state index contributed by atoms with van der Waals surface area (Å²) in [5.41, 5.74) is 2.48. The van der Waals surface area contributed by atoms with Gasteiger partial charge in [-0.3, -0.25) is 0 Å². The van der Waals surface area contributed by atoms with E-state index in [4.69, 9.17) is 5.26 Å². The van der Waals surface area contributed by atoms with E-state index in [0.29, 0.717) is 11.5 Å². The average Bonchev–Trinajstić information content (AvgIpc) is 3.31. The first-order valence-electron chi connectivity index (χ1n) is 6.37. The van der Waals surface area contributed by atoms with Gasteiger partial charge in [-0.05, 0) is 25.0 Å². The smallest absolute Gasteiger partial charge is 0.134 e. The van der Waals surface area contributed by atoms with Crippen LogP contribution in [0.4, 0.5) is 5.82 Å². The van der Waals surface area contributed by atoms with Crippen molar-refractivity contribution < 1.29 is 0 Å². The second-order valence-corrected chi connectivity index (χ2v) is 4.71. The molecule has 0 atom stereocenters. The zero-order valence-corrected chi connectivity index (χ0v) is 10.7. The number of rotatable bonds is 3. The summed E-state index contributed by atoms with van der Waals surface area (Å²) in [6.45, 7) is 0. The van der Waals surface area contributed by atoms with Gasteiger partial charge in [-0.15, -0.1) is 0 Å². The van der Waals surface area contributed by atoms with Gasteiger partial charge in [-0.25, -0.2) is 9.97 Å². The maximum absolute atomic E-state index is 8.97. The molecule has 0 bridgehead atoms. The van der Waals surface area contributed by atoms with E-state index in [1.54, 1.807) is 6.07 Å². The monoisotopic (exact) mass is 250 g/mol. The standard InChI is InChI=1S/C15H14N4/c1-17-14-8-13(18-15(19-14)11-5-6-11)12-4-2-3-10(7-12)9-16/h2-4,7-8,11H,5-6H2,1H3,(H,17,18,19). The number of hydrogen-bond acceptors (Lipinski definition) is 4. The molecule has 0 aliphatic heterocycles. The van der Waals surface area contributed by atoms with Gasteiger partial charge in [0.1, 0.15) is 11.6 Å². The minimum Gasteiger partial charge on any atom is -0.373 e. The van der Waals surface area contributed by atoms with Gasteiger partial charge in [0, 0.05) is 24.6 Å². The number of nitriles is 1. The van der Waals surface area contributed by atoms with Crippen LogP contribution >= 0.6 is 0 Å². The number of hydrogen-bond donors (Lipinski definition) is 1. The zero-order valence-electron chi connectivity index (χ0n) is 10.7. The fourth-order valence-corrected chi connectivity index (χ4v) is 2.01. The lowest BCUT2D eigenvalue weighted by atomic mass is 10.1. The van der Waals surface area contributed by atoms with Crippen molar-refractivity contribution >= 4 is 5.82 Å². The summed E-state index contributed by atoms with van der Waals surface area (Å²) in [5.74, 6) is 2.24. The third-order valence-corrected chi connectivity index (χ3v) is 3.23. The SMILES string of the molecule is CNc1cc(-c2cccc(C#N)c2)nc(C2CC2)n1. The molecule has 0 unspecified atom stereocenters. The van der Waals surface area contributed by atoms with Crippen molar-refractivity contribution in [1.82, 2.24) is 9.97 Å². The molecule has 4 heteroatoms. The van der Waals surface area contributed by atoms with E-state index in [2.05, 4.69) is 21.4 Å². The van der Waals surface area contributed by atoms with Gasteiger partial charge in [0.05, 0.1) is 17.3 Å². The molecule has 2 aromatic rings. The maximum atomic E-state index is 8.97. The van der Waals surface area contributed by atoms with E-state index in [9.17, 15) is 0 Å². The Labute approximate surface area is 112 Å². The summed E-state index contributed by atoms with van der Waals surface area (Å²) in [5, 5.41) is 12.0. The Bertz CT molecular complexity index is 653. The molecule has 1 saturated carbocycles. The first-order chi connectivity index (χ1) is 9.30. The molecule has 1 N–H and O–H groups in total. The Kier molecular flexibility index (Phi) is 2.88. The van der Waals surface area contributed by atoms with E-state index >= 15 is 0 Å². The molecule has 19 heavy (non-hydrogen) atoms. The number of nitrogens with one attached hydrogen (secondary N) is 1. The molecule has 4 nitrogen and oxygen atoms in total. The van der Waals surface area contributed by atoms with E-state index in [-0.39, 0.29) is 0 Å². The Morgan fingerprint density at radius 2 is 2.11 bits per heavy atom. The lowest BCUT2D eigenvalue weighted by Gasteiger charge is -2.07. The normalized spacial score (nSPS) is 13.9. The van der Waals surface area contributed by atoms with Crippen molar-refractivity contribution in [3.8, 4) is 17.3 Å². The van der Waals surface area contributed by atoms with Gasteiger partial charge in [-0.2, -0.15) is 5.26 Å². The lowest BCUT2D eigenvalue weighted by molar-refractivity contribution is 0.932. The third-order valence-electron chi connectivity index (χ3n) is 3.23. The minimum absolute atomic E-state index is 0.506. The highest BCUT2D eigenvalue weighted by atomic mass is 15.0. The fourth-order valence-electron chi connectivity index (χ4n) is 2.01. The predicted octanol–water partition coefficient (Wildman–Crippen LogP) is 2.93. The molecular formula is C15H14N4. The van der Waals surface area contributed by atoms with Crippen LogP contribution in [0.5, 0.6) is 0 Å². The third kappa shape index (κ3) is 2.41. The summed E-state index contributed by atoms with van der Waals surface area (Å²) in [7, 11) is 1.86. The van der Waals surface area contributed by atoms with E-state index in [1.807, 2.05) is 31.3 Å². The molecule has 0 saturated heterocycles. The zero-order chi connectivity index (χ0) is 13.2. The second-order valence-electron chi connectivity index (χ2n) is 4.71. The molecule has 1 aliphatic rings. The van der Waals surface area contributed by atoms with Crippen LogP contribution in [0.3, 0.4) is 0 Å². The van der Waals surface area contributed by atoms with Gasteiger partial charge in [0.25, 0.3) is 0 Å². The molecule has 1 fully saturated rings. The van der Waals surface area contributed by atoms with Crippen molar-refractivity contribution in [2.24, 2.45) is 0 Å². The maximum Gasteiger partial charge on any atom is 0.134 e. The van der Waals surface area contributed by atoms with Crippen molar-refractivity contribution in [3.63, 3.8) is 0 Å². The molecule has 0 radical (unpaired) electrons. The highest BCUT2D eigenvalue weighted by molar-refractivity contribution is 5.64. The van der Waals surface area contributed by atoms with Crippen LogP contribution in [0.25, 0.3) is 11.3 Å². The van der Waals surface area contributed by atoms with E-state index in [0.717, 1.165) is 22.9 Å². The van der Waals surface area contributed by atoms with Gasteiger partial charge in [0.15, 0.2) is 0 Å². The highest BCUT2D eigenvalue weighted by Crippen LogP contribution is 2.39. The summed E-state index contributed by atoms with van der Waals surface area (Å²) >= 11 is 0. The number of nitrogens with zero attached hydrogens (tertiary/aromatic N) is 3. The van der Waals surface area contributed by atoms with Gasteiger partial charge < -0.3 is 5.32 Å². The molecule has 1 aromatic carbocycles. The van der Waals surface area contributed by atoms with Gasteiger partial charge in [0.2, 0.25) is 0 Å². The molecule has 1 aliphatic carbocycles. The number of anilines is 1. The van der Waals surface area contributed by atoms with Crippen LogP contribution < -0.4 is 5.32 Å². The Hall–Kier alpha value is -2.41. The predicted molar refractivity (Wildman–Crippen MR) is 73.7 cm³/mol. The Balaban J connectivity index is 2.07. The van der Waals surface area contributed by atoms with Crippen LogP contribution in [0, 0.1) is 11.3 Å². The Morgan fingerprint density at radius 1 is 1.26 bits per heavy atom. The fraction of sp³-hybridized carbons (Fsp3) is 0.267. The largest absolute Gasteiger partial charge is 0.373 e. The van der Waals surface area contributed by atoms with Crippen LogP contribution in [0.2, 0.25) is 0 Å². The van der Waals surface area contributed by atoms with E-state index in [1.165, 1.54) is 12.8 Å². The molecule has 1 aromatic heterocycles. The number of benzene rings is 1. The summed E-state index contributed by atoms with van der Waals surface area (Å²) < 4.78 is 0. The minimum atomic E-state index is 0.506. The molecule has 0 amide bonds. The second kappa shape index (κ2) is 4.69. The van der Waals surface area contributed by atoms with Crippen LogP contribution in [-0.2, 0) is 0 Å². The quantitative estimate of drug-likeness (QED) is 0.909. The van der Waals surface area contributed by atoms with Crippen molar-refractivity contribution in [2.75, 3.05) is 12.4 Å². The van der Waals surface area contributed by atoms with Crippen molar-refractivity contribution in [2.45, 2.75) is 18.8 Å². The molecule has 94 valence electrons. The van der Waals surface area contributed by atoms with Gasteiger partial charge >= 0.3 is 0 Å². The summed E-state index contributed by atoms with van der Waals surface area (Å²) in [6, 6.07) is 11.6. The van der Waals surface area contributed by atoms with Crippen LogP contribution in [0.1, 0.15) is 30.1 Å². The van der Waals surface area contributed by atoms with Crippen LogP contribution in [0.15, 0.2) is 30.3 Å². The van der Waals surface area contributed by atoms with Crippen molar-refractivity contribution in [3.05, 3.63) is 41.7 Å². The number of aromatic nitrogens is 2. The highest BCUT2D eigenvalue weighted by Gasteiger charge is 2.27. The molecule has 0 spiro atoms. The van der Waals surface area contributed by atoms with Crippen molar-refractivity contribution in [1.29, 1.82) is 5.26 Å². The summed E-state index contributed by atoms with van der Waals surface area (Å²) in [6.07, 6.45) is 2.34. The topological polar surface area (TPSA) is 61.6 Å². The first kappa shape index (κ1) is 11.7. The first-order valence-corrected chi connectivity index (χ1v) is 6.37. The lowest BCUT2D eigenvalue weighted by Crippen LogP contribution is -2.00.